The largest absolute Gasteiger partial charge is 0.493 e. The minimum absolute atomic E-state index is 0.0423. The normalized spacial score (nSPS) is 10.7. The number of halogens is 1. The van der Waals surface area contributed by atoms with Gasteiger partial charge in [0.1, 0.15) is 11.5 Å². The fourth-order valence-corrected chi connectivity index (χ4v) is 2.63. The highest BCUT2D eigenvalue weighted by molar-refractivity contribution is 14.1. The number of rotatable bonds is 7. The molecule has 1 N–H and O–H groups in total. The maximum absolute atomic E-state index is 11.2. The van der Waals surface area contributed by atoms with Crippen LogP contribution in [0.4, 0.5) is 0 Å². The van der Waals surface area contributed by atoms with Gasteiger partial charge in [-0.2, -0.15) is 0 Å². The summed E-state index contributed by atoms with van der Waals surface area (Å²) in [5.74, 6) is 0.449. The van der Waals surface area contributed by atoms with Crippen LogP contribution in [0, 0.1) is 6.92 Å². The van der Waals surface area contributed by atoms with E-state index in [1.807, 2.05) is 39.0 Å². The first-order chi connectivity index (χ1) is 11.4. The maximum atomic E-state index is 11.2. The lowest BCUT2D eigenvalue weighted by Gasteiger charge is -2.17. The molecule has 0 aromatic heterocycles. The van der Waals surface area contributed by atoms with Crippen molar-refractivity contribution in [2.75, 3.05) is 11.0 Å². The Balaban J connectivity index is 2.45. The summed E-state index contributed by atoms with van der Waals surface area (Å²) in [4.78, 5) is 11.2. The lowest BCUT2D eigenvalue weighted by Crippen LogP contribution is -2.08. The van der Waals surface area contributed by atoms with Crippen LogP contribution in [0.5, 0.6) is 11.5 Å². The van der Waals surface area contributed by atoms with Crippen LogP contribution in [0.2, 0.25) is 0 Å². The molecule has 0 radical (unpaired) electrons. The Kier molecular flexibility index (Phi) is 6.48. The van der Waals surface area contributed by atoms with E-state index in [0.717, 1.165) is 26.9 Å². The van der Waals surface area contributed by atoms with Crippen LogP contribution in [0.3, 0.4) is 0 Å². The molecule has 0 fully saturated rings. The minimum Gasteiger partial charge on any atom is -0.493 e. The van der Waals surface area contributed by atoms with Gasteiger partial charge in [0.2, 0.25) is 0 Å². The number of benzene rings is 2. The summed E-state index contributed by atoms with van der Waals surface area (Å²) in [5, 5.41) is 9.21. The summed E-state index contributed by atoms with van der Waals surface area (Å²) >= 11 is 2.27. The van der Waals surface area contributed by atoms with E-state index in [2.05, 4.69) is 22.6 Å². The van der Waals surface area contributed by atoms with Crippen molar-refractivity contribution in [1.82, 2.24) is 0 Å². The molecular formula is C19H21IO4. The molecule has 0 unspecified atom stereocenters. The Morgan fingerprint density at radius 1 is 1.17 bits per heavy atom. The summed E-state index contributed by atoms with van der Waals surface area (Å²) in [6.45, 7) is 6.53. The fourth-order valence-electron chi connectivity index (χ4n) is 2.41. The fraction of sp³-hybridized carbons (Fsp3) is 0.316. The van der Waals surface area contributed by atoms with Gasteiger partial charge in [-0.3, -0.25) is 0 Å². The molecule has 0 aliphatic carbocycles. The van der Waals surface area contributed by atoms with Gasteiger partial charge in [0.25, 0.3) is 0 Å². The summed E-state index contributed by atoms with van der Waals surface area (Å²) in [5.41, 5.74) is 3.16. The van der Waals surface area contributed by atoms with Gasteiger partial charge in [-0.05, 0) is 62.2 Å². The molecule has 0 amide bonds. The molecule has 0 saturated heterocycles. The zero-order chi connectivity index (χ0) is 17.7. The smallest absolute Gasteiger partial charge is 0.335 e. The van der Waals surface area contributed by atoms with E-state index in [4.69, 9.17) is 9.47 Å². The molecule has 0 heterocycles. The number of hydrogen-bond acceptors (Lipinski definition) is 3. The van der Waals surface area contributed by atoms with E-state index < -0.39 is 5.97 Å². The Morgan fingerprint density at radius 3 is 2.46 bits per heavy atom. The van der Waals surface area contributed by atoms with E-state index in [-0.39, 0.29) is 11.7 Å². The molecule has 0 aliphatic rings. The van der Waals surface area contributed by atoms with Crippen LogP contribution in [-0.4, -0.2) is 28.2 Å². The topological polar surface area (TPSA) is 55.8 Å². The lowest BCUT2D eigenvalue weighted by atomic mass is 9.98. The predicted molar refractivity (Wildman–Crippen MR) is 104 cm³/mol. The molecule has 0 saturated carbocycles. The number of carboxylic acid groups (broad SMARTS) is 1. The van der Waals surface area contributed by atoms with Crippen molar-refractivity contribution in [1.29, 1.82) is 0 Å². The molecular weight excluding hydrogens is 419 g/mol. The Hall–Kier alpha value is -1.76. The third-order valence-corrected chi connectivity index (χ3v) is 3.87. The average Bonchev–Trinajstić information content (AvgIpc) is 2.52. The van der Waals surface area contributed by atoms with E-state index in [1.165, 1.54) is 0 Å². The van der Waals surface area contributed by atoms with Crippen LogP contribution in [0.1, 0.15) is 29.8 Å². The van der Waals surface area contributed by atoms with E-state index >= 15 is 0 Å². The van der Waals surface area contributed by atoms with Crippen LogP contribution in [-0.2, 0) is 0 Å². The van der Waals surface area contributed by atoms with Gasteiger partial charge in [-0.25, -0.2) is 4.79 Å². The van der Waals surface area contributed by atoms with Crippen molar-refractivity contribution in [2.24, 2.45) is 0 Å². The minimum atomic E-state index is -0.963. The van der Waals surface area contributed by atoms with Crippen LogP contribution in [0.25, 0.3) is 11.1 Å². The molecule has 24 heavy (non-hydrogen) atoms. The van der Waals surface area contributed by atoms with Gasteiger partial charge in [-0.15, -0.1) is 0 Å². The predicted octanol–water partition coefficient (Wildman–Crippen LogP) is 4.96. The number of aromatic carboxylic acids is 1. The second-order valence-corrected chi connectivity index (χ2v) is 6.78. The highest BCUT2D eigenvalue weighted by Gasteiger charge is 2.14. The number of ether oxygens (including phenoxy) is 2. The van der Waals surface area contributed by atoms with Gasteiger partial charge < -0.3 is 14.6 Å². The SMILES string of the molecule is Cc1cc(OCCI)ccc1-c1ccc(C(=O)O)cc1OC(C)C. The van der Waals surface area contributed by atoms with Crippen LogP contribution < -0.4 is 9.47 Å². The summed E-state index contributed by atoms with van der Waals surface area (Å²) in [6.07, 6.45) is -0.0423. The number of carbonyl (C=O) groups is 1. The van der Waals surface area contributed by atoms with Crippen molar-refractivity contribution >= 4 is 28.6 Å². The molecule has 0 atom stereocenters. The summed E-state index contributed by atoms with van der Waals surface area (Å²) < 4.78 is 12.4. The van der Waals surface area contributed by atoms with Gasteiger partial charge in [0.05, 0.1) is 18.3 Å². The standard InChI is InChI=1S/C19H21IO4/c1-12(2)24-18-11-14(19(21)22)4-6-17(18)16-7-5-15(10-13(16)3)23-9-8-20/h4-7,10-12H,8-9H2,1-3H3,(H,21,22). The third kappa shape index (κ3) is 4.63. The molecule has 2 aromatic carbocycles. The van der Waals surface area contributed by atoms with Gasteiger partial charge in [-0.1, -0.05) is 28.7 Å². The molecule has 0 bridgehead atoms. The molecule has 5 heteroatoms. The Labute approximate surface area is 155 Å². The number of aryl methyl sites for hydroxylation is 1. The second-order valence-electron chi connectivity index (χ2n) is 5.70. The lowest BCUT2D eigenvalue weighted by molar-refractivity contribution is 0.0696. The quantitative estimate of drug-likeness (QED) is 0.489. The van der Waals surface area contributed by atoms with E-state index in [1.54, 1.807) is 18.2 Å². The average molecular weight is 440 g/mol. The van der Waals surface area contributed by atoms with E-state index in [0.29, 0.717) is 12.4 Å². The third-order valence-electron chi connectivity index (χ3n) is 3.43. The van der Waals surface area contributed by atoms with Crippen molar-refractivity contribution in [3.05, 3.63) is 47.5 Å². The number of carboxylic acids is 1. The van der Waals surface area contributed by atoms with Crippen molar-refractivity contribution in [2.45, 2.75) is 26.9 Å². The number of hydrogen-bond donors (Lipinski definition) is 1. The molecule has 128 valence electrons. The first-order valence-electron chi connectivity index (χ1n) is 7.76. The van der Waals surface area contributed by atoms with Crippen molar-refractivity contribution in [3.8, 4) is 22.6 Å². The summed E-state index contributed by atoms with van der Waals surface area (Å²) in [7, 11) is 0. The Bertz CT molecular complexity index is 725. The highest BCUT2D eigenvalue weighted by atomic mass is 127. The van der Waals surface area contributed by atoms with Crippen LogP contribution in [0.15, 0.2) is 36.4 Å². The second kappa shape index (κ2) is 8.37. The molecule has 2 aromatic rings. The van der Waals surface area contributed by atoms with Crippen molar-refractivity contribution < 1.29 is 19.4 Å². The highest BCUT2D eigenvalue weighted by Crippen LogP contribution is 2.35. The zero-order valence-corrected chi connectivity index (χ0v) is 16.2. The first kappa shape index (κ1) is 18.6. The van der Waals surface area contributed by atoms with Gasteiger partial charge in [0.15, 0.2) is 0 Å². The first-order valence-corrected chi connectivity index (χ1v) is 9.28. The monoisotopic (exact) mass is 440 g/mol. The number of alkyl halides is 1. The molecule has 0 spiro atoms. The Morgan fingerprint density at radius 2 is 1.88 bits per heavy atom. The van der Waals surface area contributed by atoms with Crippen LogP contribution >= 0.6 is 22.6 Å². The maximum Gasteiger partial charge on any atom is 0.335 e. The molecule has 0 aliphatic heterocycles. The zero-order valence-electron chi connectivity index (χ0n) is 14.0. The van der Waals surface area contributed by atoms with E-state index in [9.17, 15) is 9.90 Å². The van der Waals surface area contributed by atoms with Gasteiger partial charge >= 0.3 is 5.97 Å². The molecule has 4 nitrogen and oxygen atoms in total. The molecule has 2 rings (SSSR count). The summed E-state index contributed by atoms with van der Waals surface area (Å²) in [6, 6.07) is 10.9. The van der Waals surface area contributed by atoms with Crippen molar-refractivity contribution in [3.63, 3.8) is 0 Å². The van der Waals surface area contributed by atoms with Gasteiger partial charge in [0, 0.05) is 9.99 Å².